The molecule has 102 valence electrons. The van der Waals surface area contributed by atoms with Gasteiger partial charge in [0.1, 0.15) is 12.7 Å². The molecule has 3 aromatic heterocycles. The Morgan fingerprint density at radius 2 is 1.86 bits per heavy atom. The summed E-state index contributed by atoms with van der Waals surface area (Å²) in [5.41, 5.74) is 7.88. The van der Waals surface area contributed by atoms with Crippen LogP contribution in [0, 0.1) is 0 Å². The van der Waals surface area contributed by atoms with Crippen molar-refractivity contribution in [3.8, 4) is 17.2 Å². The molecule has 2 N–H and O–H groups in total. The molecule has 4 rings (SSSR count). The summed E-state index contributed by atoms with van der Waals surface area (Å²) in [6.07, 6.45) is 6.65. The Balaban J connectivity index is 1.81. The van der Waals surface area contributed by atoms with Gasteiger partial charge in [0.2, 0.25) is 11.5 Å². The van der Waals surface area contributed by atoms with Gasteiger partial charge in [0.25, 0.3) is 0 Å². The van der Waals surface area contributed by atoms with Crippen LogP contribution < -0.4 is 5.73 Å². The minimum Gasteiger partial charge on any atom is -0.399 e. The maximum Gasteiger partial charge on any atom is 0.205 e. The summed E-state index contributed by atoms with van der Waals surface area (Å²) in [6, 6.07) is 7.38. The summed E-state index contributed by atoms with van der Waals surface area (Å²) >= 11 is 0. The fourth-order valence-corrected chi connectivity index (χ4v) is 2.04. The van der Waals surface area contributed by atoms with Gasteiger partial charge < -0.3 is 5.73 Å². The lowest BCUT2D eigenvalue weighted by molar-refractivity contribution is 0.842. The Bertz CT molecular complexity index is 905. The molecule has 4 aromatic rings. The second kappa shape index (κ2) is 4.37. The summed E-state index contributed by atoms with van der Waals surface area (Å²) in [5.74, 6) is 1.17. The molecule has 0 saturated carbocycles. The summed E-state index contributed by atoms with van der Waals surface area (Å²) < 4.78 is 3.35. The molecule has 0 aliphatic rings. The van der Waals surface area contributed by atoms with Crippen molar-refractivity contribution in [2.45, 2.75) is 0 Å². The van der Waals surface area contributed by atoms with E-state index in [0.717, 1.165) is 5.56 Å². The van der Waals surface area contributed by atoms with Crippen LogP contribution in [0.1, 0.15) is 0 Å². The molecule has 0 aliphatic heterocycles. The predicted octanol–water partition coefficient (Wildman–Crippen LogP) is 0.954. The highest BCUT2D eigenvalue weighted by Crippen LogP contribution is 2.17. The second-order valence-corrected chi connectivity index (χ2v) is 4.45. The van der Waals surface area contributed by atoms with E-state index in [1.165, 1.54) is 0 Å². The van der Waals surface area contributed by atoms with Gasteiger partial charge in [-0.1, -0.05) is 0 Å². The zero-order valence-electron chi connectivity index (χ0n) is 10.8. The van der Waals surface area contributed by atoms with Gasteiger partial charge in [-0.15, -0.1) is 15.3 Å². The van der Waals surface area contributed by atoms with Crippen LogP contribution in [0.2, 0.25) is 0 Å². The van der Waals surface area contributed by atoms with Crippen LogP contribution in [0.3, 0.4) is 0 Å². The number of nitrogens with two attached hydrogens (primary N) is 1. The van der Waals surface area contributed by atoms with Crippen molar-refractivity contribution < 1.29 is 0 Å². The van der Waals surface area contributed by atoms with Crippen molar-refractivity contribution in [3.05, 3.63) is 49.3 Å². The maximum atomic E-state index is 5.68. The van der Waals surface area contributed by atoms with Crippen LogP contribution in [0.25, 0.3) is 22.9 Å². The van der Waals surface area contributed by atoms with E-state index in [9.17, 15) is 0 Å². The van der Waals surface area contributed by atoms with Gasteiger partial charge in [0.05, 0.1) is 0 Å². The van der Waals surface area contributed by atoms with E-state index in [4.69, 9.17) is 5.73 Å². The molecule has 0 spiro atoms. The van der Waals surface area contributed by atoms with Gasteiger partial charge >= 0.3 is 0 Å². The van der Waals surface area contributed by atoms with Crippen LogP contribution >= 0.6 is 0 Å². The number of nitrogen functional groups attached to an aromatic ring is 1. The number of fused-ring (bicyclic) bond motifs is 1. The number of hydrogen-bond acceptors (Lipinski definition) is 6. The smallest absolute Gasteiger partial charge is 0.205 e. The molecule has 0 saturated heterocycles. The lowest BCUT2D eigenvalue weighted by Gasteiger charge is -2.00. The molecule has 3 heterocycles. The Morgan fingerprint density at radius 1 is 1.00 bits per heavy atom. The largest absolute Gasteiger partial charge is 0.399 e. The summed E-state index contributed by atoms with van der Waals surface area (Å²) in [5, 5.41) is 12.3. The maximum absolute atomic E-state index is 5.68. The number of benzene rings is 1. The van der Waals surface area contributed by atoms with E-state index in [-0.39, 0.29) is 0 Å². The first-order valence-corrected chi connectivity index (χ1v) is 6.23. The molecule has 0 fully saturated rings. The first-order valence-electron chi connectivity index (χ1n) is 6.23. The van der Waals surface area contributed by atoms with Crippen molar-refractivity contribution in [3.63, 3.8) is 0 Å². The minimum atomic E-state index is 0.573. The molecule has 21 heavy (non-hydrogen) atoms. The Morgan fingerprint density at radius 3 is 2.71 bits per heavy atom. The van der Waals surface area contributed by atoms with Gasteiger partial charge in [-0.2, -0.15) is 4.68 Å². The van der Waals surface area contributed by atoms with Crippen molar-refractivity contribution >= 4 is 11.3 Å². The number of anilines is 1. The van der Waals surface area contributed by atoms with E-state index in [2.05, 4.69) is 25.3 Å². The lowest BCUT2D eigenvalue weighted by Crippen LogP contribution is -2.02. The molecule has 8 heteroatoms. The van der Waals surface area contributed by atoms with Crippen molar-refractivity contribution in [2.24, 2.45) is 0 Å². The molecular formula is C13H10N8. The zero-order valence-corrected chi connectivity index (χ0v) is 10.8. The normalized spacial score (nSPS) is 11.0. The zero-order chi connectivity index (χ0) is 14.2. The molecule has 0 bridgehead atoms. The van der Waals surface area contributed by atoms with E-state index in [0.29, 0.717) is 23.0 Å². The second-order valence-electron chi connectivity index (χ2n) is 4.45. The number of rotatable bonds is 2. The topological polar surface area (TPSA) is 99.8 Å². The fourth-order valence-electron chi connectivity index (χ4n) is 2.04. The molecule has 1 aromatic carbocycles. The fraction of sp³-hybridized carbons (Fsp3) is 0. The van der Waals surface area contributed by atoms with Gasteiger partial charge in [-0.05, 0) is 24.3 Å². The highest BCUT2D eigenvalue weighted by atomic mass is 15.4. The molecule has 0 amide bonds. The first kappa shape index (κ1) is 11.5. The van der Waals surface area contributed by atoms with Crippen LogP contribution in [0.5, 0.6) is 0 Å². The van der Waals surface area contributed by atoms with Crippen LogP contribution in [0.4, 0.5) is 5.69 Å². The molecule has 0 atom stereocenters. The first-order chi connectivity index (χ1) is 10.3. The molecule has 0 unspecified atom stereocenters. The van der Waals surface area contributed by atoms with E-state index in [1.54, 1.807) is 34.1 Å². The van der Waals surface area contributed by atoms with Crippen LogP contribution in [-0.2, 0) is 0 Å². The number of hydrogen-bond donors (Lipinski definition) is 1. The minimum absolute atomic E-state index is 0.573. The Kier molecular flexibility index (Phi) is 2.40. The van der Waals surface area contributed by atoms with Gasteiger partial charge in [0, 0.05) is 23.6 Å². The third kappa shape index (κ3) is 1.89. The highest BCUT2D eigenvalue weighted by Gasteiger charge is 2.10. The Labute approximate surface area is 118 Å². The SMILES string of the molecule is Nc1ccc(-c2ncn(-c3nccn4cnnc34)n2)cc1. The molecule has 0 aliphatic carbocycles. The standard InChI is InChI=1S/C13H10N8/c14-10-3-1-9(2-4-10)11-16-7-21(19-11)12-13-18-17-8-20(13)6-5-15-12/h1-8H,14H2. The third-order valence-electron chi connectivity index (χ3n) is 3.07. The lowest BCUT2D eigenvalue weighted by atomic mass is 10.2. The van der Waals surface area contributed by atoms with Gasteiger partial charge in [-0.3, -0.25) is 4.40 Å². The molecule has 8 nitrogen and oxygen atoms in total. The third-order valence-corrected chi connectivity index (χ3v) is 3.07. The van der Waals surface area contributed by atoms with Crippen molar-refractivity contribution in [1.82, 2.24) is 34.3 Å². The molecular weight excluding hydrogens is 268 g/mol. The van der Waals surface area contributed by atoms with Crippen LogP contribution in [0.15, 0.2) is 49.3 Å². The predicted molar refractivity (Wildman–Crippen MR) is 75.5 cm³/mol. The average Bonchev–Trinajstić information content (AvgIpc) is 3.16. The quantitative estimate of drug-likeness (QED) is 0.548. The summed E-state index contributed by atoms with van der Waals surface area (Å²) in [4.78, 5) is 8.58. The van der Waals surface area contributed by atoms with Crippen molar-refractivity contribution in [2.75, 3.05) is 5.73 Å². The Hall–Kier alpha value is -3.29. The van der Waals surface area contributed by atoms with E-state index < -0.39 is 0 Å². The van der Waals surface area contributed by atoms with Crippen molar-refractivity contribution in [1.29, 1.82) is 0 Å². The number of nitrogens with zero attached hydrogens (tertiary/aromatic N) is 7. The summed E-state index contributed by atoms with van der Waals surface area (Å²) in [6.45, 7) is 0. The van der Waals surface area contributed by atoms with Gasteiger partial charge in [0.15, 0.2) is 5.82 Å². The van der Waals surface area contributed by atoms with E-state index in [1.807, 2.05) is 24.3 Å². The van der Waals surface area contributed by atoms with E-state index >= 15 is 0 Å². The monoisotopic (exact) mass is 278 g/mol. The average molecular weight is 278 g/mol. The summed E-state index contributed by atoms with van der Waals surface area (Å²) in [7, 11) is 0. The highest BCUT2D eigenvalue weighted by molar-refractivity contribution is 5.59. The number of aromatic nitrogens is 7. The van der Waals surface area contributed by atoms with Gasteiger partial charge in [-0.25, -0.2) is 9.97 Å². The molecule has 0 radical (unpaired) electrons. The van der Waals surface area contributed by atoms with Crippen LogP contribution in [-0.4, -0.2) is 34.3 Å².